The molecule has 3 saturated carbocycles. The molecule has 0 spiro atoms. The van der Waals surface area contributed by atoms with Crippen LogP contribution in [0.15, 0.2) is 30.3 Å². The first kappa shape index (κ1) is 35.8. The molecule has 5 rings (SSSR count). The molecule has 0 bridgehead atoms. The van der Waals surface area contributed by atoms with Crippen molar-refractivity contribution >= 4 is 0 Å². The van der Waals surface area contributed by atoms with Crippen molar-refractivity contribution in [2.45, 2.75) is 120 Å². The van der Waals surface area contributed by atoms with Crippen LogP contribution >= 0.6 is 0 Å². The highest BCUT2D eigenvalue weighted by molar-refractivity contribution is 5.34. The zero-order valence-corrected chi connectivity index (χ0v) is 26.0. The predicted octanol–water partition coefficient (Wildman–Crippen LogP) is 12.1. The van der Waals surface area contributed by atoms with E-state index in [2.05, 4.69) is 17.7 Å². The Kier molecular flexibility index (Phi) is 10.5. The Hall–Kier alpha value is -2.53. The van der Waals surface area contributed by atoms with Crippen molar-refractivity contribution in [1.29, 1.82) is 0 Å². The van der Waals surface area contributed by atoms with Crippen LogP contribution < -0.4 is 4.74 Å². The van der Waals surface area contributed by atoms with Crippen molar-refractivity contribution in [3.05, 3.63) is 64.5 Å². The molecular formula is C35H39F11O. The molecule has 3 aliphatic rings. The van der Waals surface area contributed by atoms with E-state index >= 15 is 13.2 Å². The Morgan fingerprint density at radius 2 is 1.15 bits per heavy atom. The van der Waals surface area contributed by atoms with Crippen LogP contribution in [-0.2, 0) is 5.92 Å². The first-order valence-electron chi connectivity index (χ1n) is 16.4. The number of halogens is 11. The van der Waals surface area contributed by atoms with Gasteiger partial charge in [0.15, 0.2) is 0 Å². The number of hydrogen-bond donors (Lipinski definition) is 0. The average molecular weight is 685 g/mol. The SMILES string of the molecule is CC1CCC(c2ccc(C3CCC(C4CCC(C(F)(F)Oc5cc(F)c(C(F)(F)C(F)C(F)(F)F)c(F)c5)CC4)CC3)c(F)c2)CC1. The second kappa shape index (κ2) is 13.8. The molecule has 2 aromatic carbocycles. The lowest BCUT2D eigenvalue weighted by Gasteiger charge is -2.39. The average Bonchev–Trinajstić information content (AvgIpc) is 3.00. The molecule has 47 heavy (non-hydrogen) atoms. The molecule has 1 atom stereocenters. The van der Waals surface area contributed by atoms with Gasteiger partial charge in [-0.15, -0.1) is 0 Å². The molecule has 1 unspecified atom stereocenters. The van der Waals surface area contributed by atoms with E-state index in [-0.39, 0.29) is 48.5 Å². The van der Waals surface area contributed by atoms with Crippen molar-refractivity contribution in [1.82, 2.24) is 0 Å². The Morgan fingerprint density at radius 3 is 1.66 bits per heavy atom. The summed E-state index contributed by atoms with van der Waals surface area (Å²) in [6.07, 6.45) is -6.38. The van der Waals surface area contributed by atoms with Gasteiger partial charge in [0.2, 0.25) is 0 Å². The summed E-state index contributed by atoms with van der Waals surface area (Å²) in [5, 5.41) is 0. The Labute approximate surface area is 267 Å². The second-order valence-corrected chi connectivity index (χ2v) is 13.9. The van der Waals surface area contributed by atoms with Gasteiger partial charge in [-0.2, -0.15) is 30.7 Å². The van der Waals surface area contributed by atoms with Gasteiger partial charge >= 0.3 is 18.2 Å². The molecule has 0 amide bonds. The number of alkyl halides is 8. The van der Waals surface area contributed by atoms with Crippen LogP contribution in [0.4, 0.5) is 48.3 Å². The summed E-state index contributed by atoms with van der Waals surface area (Å²) < 4.78 is 157. The summed E-state index contributed by atoms with van der Waals surface area (Å²) in [7, 11) is 0. The van der Waals surface area contributed by atoms with E-state index in [1.165, 1.54) is 0 Å². The van der Waals surface area contributed by atoms with E-state index in [1.54, 1.807) is 6.07 Å². The van der Waals surface area contributed by atoms with Crippen LogP contribution in [-0.4, -0.2) is 18.5 Å². The Bertz CT molecular complexity index is 1340. The quantitative estimate of drug-likeness (QED) is 0.252. The largest absolute Gasteiger partial charge is 0.432 e. The molecule has 2 aromatic rings. The van der Waals surface area contributed by atoms with E-state index in [0.29, 0.717) is 24.7 Å². The summed E-state index contributed by atoms with van der Waals surface area (Å²) >= 11 is 0. The van der Waals surface area contributed by atoms with Crippen LogP contribution in [0.5, 0.6) is 5.75 Å². The van der Waals surface area contributed by atoms with Gasteiger partial charge in [0.1, 0.15) is 23.2 Å². The highest BCUT2D eigenvalue weighted by Gasteiger charge is 2.60. The zero-order valence-electron chi connectivity index (χ0n) is 26.0. The van der Waals surface area contributed by atoms with Gasteiger partial charge in [0.05, 0.1) is 11.5 Å². The lowest BCUT2D eigenvalue weighted by molar-refractivity contribution is -0.249. The second-order valence-electron chi connectivity index (χ2n) is 13.9. The van der Waals surface area contributed by atoms with E-state index < -0.39 is 53.2 Å². The van der Waals surface area contributed by atoms with Gasteiger partial charge in [0, 0.05) is 12.1 Å². The monoisotopic (exact) mass is 684 g/mol. The summed E-state index contributed by atoms with van der Waals surface area (Å²) in [6, 6.07) is 5.50. The number of rotatable bonds is 8. The molecule has 0 radical (unpaired) electrons. The number of benzene rings is 2. The lowest BCUT2D eigenvalue weighted by atomic mass is 9.68. The normalized spacial score (nSPS) is 28.6. The Morgan fingerprint density at radius 1 is 0.638 bits per heavy atom. The van der Waals surface area contributed by atoms with Crippen molar-refractivity contribution in [2.75, 3.05) is 0 Å². The summed E-state index contributed by atoms with van der Waals surface area (Å²) in [5.74, 6) is -11.4. The predicted molar refractivity (Wildman–Crippen MR) is 154 cm³/mol. The van der Waals surface area contributed by atoms with Crippen molar-refractivity contribution in [3.63, 3.8) is 0 Å². The van der Waals surface area contributed by atoms with Crippen LogP contribution in [0.2, 0.25) is 0 Å². The van der Waals surface area contributed by atoms with Crippen LogP contribution in [0.25, 0.3) is 0 Å². The minimum absolute atomic E-state index is 0.0177. The standard InChI is InChI=1S/C35H39F11O/c1-19-2-4-22(5-3-19)24-12-15-27(28(36)16-24)23-8-6-20(7-9-23)21-10-13-25(14-11-21)35(45,46)47-26-17-29(37)31(30(38)18-26)33(40,41)32(39)34(42,43)44/h12,15-23,25,32H,2-11,13-14H2,1H3. The molecule has 1 nitrogen and oxygen atoms in total. The van der Waals surface area contributed by atoms with Crippen molar-refractivity contribution in [2.24, 2.45) is 23.7 Å². The van der Waals surface area contributed by atoms with Gasteiger partial charge in [0.25, 0.3) is 6.17 Å². The van der Waals surface area contributed by atoms with Gasteiger partial charge in [-0.25, -0.2) is 17.6 Å². The first-order valence-corrected chi connectivity index (χ1v) is 16.4. The maximum Gasteiger partial charge on any atom is 0.426 e. The zero-order chi connectivity index (χ0) is 34.3. The molecule has 12 heteroatoms. The molecular weight excluding hydrogens is 645 g/mol. The molecule has 0 N–H and O–H groups in total. The van der Waals surface area contributed by atoms with E-state index in [9.17, 15) is 35.1 Å². The van der Waals surface area contributed by atoms with Crippen LogP contribution in [0.1, 0.15) is 112 Å². The van der Waals surface area contributed by atoms with Gasteiger partial charge in [-0.3, -0.25) is 0 Å². The highest BCUT2D eigenvalue weighted by atomic mass is 19.4. The van der Waals surface area contributed by atoms with E-state index in [1.807, 2.05) is 6.07 Å². The maximum atomic E-state index is 15.2. The lowest BCUT2D eigenvalue weighted by Crippen LogP contribution is -2.41. The van der Waals surface area contributed by atoms with Gasteiger partial charge < -0.3 is 4.74 Å². The highest BCUT2D eigenvalue weighted by Crippen LogP contribution is 2.49. The molecule has 0 aliphatic heterocycles. The molecule has 0 saturated heterocycles. The maximum absolute atomic E-state index is 15.2. The Balaban J connectivity index is 1.13. The van der Waals surface area contributed by atoms with Crippen molar-refractivity contribution < 1.29 is 53.0 Å². The van der Waals surface area contributed by atoms with E-state index in [0.717, 1.165) is 62.5 Å². The third-order valence-corrected chi connectivity index (χ3v) is 10.8. The summed E-state index contributed by atoms with van der Waals surface area (Å²) in [4.78, 5) is 0. The third-order valence-electron chi connectivity index (χ3n) is 10.8. The topological polar surface area (TPSA) is 9.23 Å². The molecule has 3 aliphatic carbocycles. The molecule has 0 heterocycles. The smallest absolute Gasteiger partial charge is 0.426 e. The molecule has 262 valence electrons. The third kappa shape index (κ3) is 7.87. The van der Waals surface area contributed by atoms with Crippen molar-refractivity contribution in [3.8, 4) is 5.75 Å². The van der Waals surface area contributed by atoms with Gasteiger partial charge in [-0.1, -0.05) is 31.9 Å². The van der Waals surface area contributed by atoms with Crippen LogP contribution in [0.3, 0.4) is 0 Å². The molecule has 0 aromatic heterocycles. The fourth-order valence-corrected chi connectivity index (χ4v) is 8.05. The minimum atomic E-state index is -6.12. The minimum Gasteiger partial charge on any atom is -0.432 e. The van der Waals surface area contributed by atoms with Crippen LogP contribution in [0, 0.1) is 41.1 Å². The fourth-order valence-electron chi connectivity index (χ4n) is 8.05. The fraction of sp³-hybridized carbons (Fsp3) is 0.657. The first-order chi connectivity index (χ1) is 22.0. The summed E-state index contributed by atoms with van der Waals surface area (Å²) in [6.45, 7) is 2.25. The number of ether oxygens (including phenoxy) is 1. The number of hydrogen-bond acceptors (Lipinski definition) is 1. The van der Waals surface area contributed by atoms with E-state index in [4.69, 9.17) is 0 Å². The van der Waals surface area contributed by atoms with Gasteiger partial charge in [-0.05, 0) is 111 Å². The summed E-state index contributed by atoms with van der Waals surface area (Å²) in [5.41, 5.74) is -0.734. The molecule has 3 fully saturated rings.